The van der Waals surface area contributed by atoms with Gasteiger partial charge < -0.3 is 10.1 Å². The Morgan fingerprint density at radius 3 is 2.56 bits per heavy atom. The molecule has 1 aliphatic carbocycles. The molecule has 1 N–H and O–H groups in total. The van der Waals surface area contributed by atoms with Crippen molar-refractivity contribution in [3.05, 3.63) is 0 Å². The molecule has 0 bridgehead atoms. The lowest BCUT2D eigenvalue weighted by atomic mass is 10.2. The van der Waals surface area contributed by atoms with Gasteiger partial charge in [-0.1, -0.05) is 0 Å². The molecular formula is C11H20F3NO. The van der Waals surface area contributed by atoms with Crippen molar-refractivity contribution in [3.63, 3.8) is 0 Å². The third-order valence-corrected chi connectivity index (χ3v) is 2.79. The summed E-state index contributed by atoms with van der Waals surface area (Å²) in [5.41, 5.74) is 0. The van der Waals surface area contributed by atoms with Gasteiger partial charge in [-0.15, -0.1) is 0 Å². The largest absolute Gasteiger partial charge is 0.389 e. The first-order valence-electron chi connectivity index (χ1n) is 5.87. The van der Waals surface area contributed by atoms with Gasteiger partial charge in [0.15, 0.2) is 0 Å². The van der Waals surface area contributed by atoms with Crippen LogP contribution in [0.1, 0.15) is 32.6 Å². The fourth-order valence-electron chi connectivity index (χ4n) is 1.60. The van der Waals surface area contributed by atoms with Gasteiger partial charge in [-0.3, -0.25) is 0 Å². The smallest absolute Gasteiger partial charge is 0.380 e. The molecule has 16 heavy (non-hydrogen) atoms. The van der Waals surface area contributed by atoms with Gasteiger partial charge in [0.25, 0.3) is 0 Å². The highest BCUT2D eigenvalue weighted by Gasteiger charge is 2.27. The summed E-state index contributed by atoms with van der Waals surface area (Å²) in [7, 11) is 0. The molecule has 0 aromatic rings. The van der Waals surface area contributed by atoms with E-state index in [0.29, 0.717) is 12.6 Å². The molecule has 0 amide bonds. The third-order valence-electron chi connectivity index (χ3n) is 2.79. The van der Waals surface area contributed by atoms with Gasteiger partial charge in [-0.05, 0) is 32.1 Å². The van der Waals surface area contributed by atoms with E-state index < -0.39 is 12.6 Å². The molecule has 96 valence electrons. The first-order chi connectivity index (χ1) is 7.49. The molecule has 1 rings (SSSR count). The molecule has 0 aliphatic heterocycles. The van der Waals surface area contributed by atoms with Crippen molar-refractivity contribution in [1.29, 1.82) is 0 Å². The lowest BCUT2D eigenvalue weighted by Gasteiger charge is -2.12. The Labute approximate surface area is 94.5 Å². The number of halogens is 3. The van der Waals surface area contributed by atoms with Crippen molar-refractivity contribution in [1.82, 2.24) is 5.32 Å². The summed E-state index contributed by atoms with van der Waals surface area (Å²) in [6, 6.07) is 0.513. The fourth-order valence-corrected chi connectivity index (χ4v) is 1.60. The fraction of sp³-hybridized carbons (Fsp3) is 1.00. The van der Waals surface area contributed by atoms with Crippen LogP contribution < -0.4 is 5.32 Å². The van der Waals surface area contributed by atoms with E-state index in [9.17, 15) is 13.2 Å². The van der Waals surface area contributed by atoms with Crippen molar-refractivity contribution in [3.8, 4) is 0 Å². The van der Waals surface area contributed by atoms with E-state index >= 15 is 0 Å². The van der Waals surface area contributed by atoms with E-state index in [-0.39, 0.29) is 13.0 Å². The van der Waals surface area contributed by atoms with Gasteiger partial charge in [0, 0.05) is 25.6 Å². The zero-order chi connectivity index (χ0) is 12.0. The van der Waals surface area contributed by atoms with Crippen LogP contribution in [0, 0.1) is 5.92 Å². The molecule has 1 aliphatic rings. The van der Waals surface area contributed by atoms with Gasteiger partial charge in [0.1, 0.15) is 0 Å². The number of nitrogens with one attached hydrogen (secondary N) is 1. The molecule has 2 nitrogen and oxygen atoms in total. The minimum atomic E-state index is -4.05. The lowest BCUT2D eigenvalue weighted by molar-refractivity contribution is -0.137. The van der Waals surface area contributed by atoms with Gasteiger partial charge in [-0.2, -0.15) is 13.2 Å². The van der Waals surface area contributed by atoms with Crippen molar-refractivity contribution in [2.75, 3.05) is 19.8 Å². The van der Waals surface area contributed by atoms with Crippen LogP contribution in [0.25, 0.3) is 0 Å². The van der Waals surface area contributed by atoms with Crippen LogP contribution in [-0.4, -0.2) is 32.0 Å². The van der Waals surface area contributed by atoms with Crippen LogP contribution in [0.3, 0.4) is 0 Å². The molecule has 1 saturated carbocycles. The summed E-state index contributed by atoms with van der Waals surface area (Å²) in [5.74, 6) is 0.797. The maximum atomic E-state index is 11.8. The molecule has 0 heterocycles. The maximum Gasteiger partial charge on any atom is 0.389 e. The van der Waals surface area contributed by atoms with Gasteiger partial charge in [-0.25, -0.2) is 0 Å². The standard InChI is InChI=1S/C11H20F3NO/c1-9(10-3-4-10)15-6-8-16-7-2-5-11(12,13)14/h9-10,15H,2-8H2,1H3. The lowest BCUT2D eigenvalue weighted by Crippen LogP contribution is -2.31. The highest BCUT2D eigenvalue weighted by molar-refractivity contribution is 4.82. The molecule has 0 aromatic heterocycles. The van der Waals surface area contributed by atoms with E-state index in [1.54, 1.807) is 0 Å². The number of hydrogen-bond donors (Lipinski definition) is 1. The predicted octanol–water partition coefficient (Wildman–Crippen LogP) is 2.73. The zero-order valence-electron chi connectivity index (χ0n) is 9.65. The summed E-state index contributed by atoms with van der Waals surface area (Å²) in [6.07, 6.45) is -2.16. The maximum absolute atomic E-state index is 11.8. The summed E-state index contributed by atoms with van der Waals surface area (Å²) in [6.45, 7) is 3.55. The molecule has 1 atom stereocenters. The Morgan fingerprint density at radius 2 is 2.00 bits per heavy atom. The highest BCUT2D eigenvalue weighted by Crippen LogP contribution is 2.32. The molecule has 1 unspecified atom stereocenters. The molecule has 0 saturated heterocycles. The van der Waals surface area contributed by atoms with E-state index in [1.807, 2.05) is 0 Å². The normalized spacial score (nSPS) is 18.8. The SMILES string of the molecule is CC(NCCOCCCC(F)(F)F)C1CC1. The second-order valence-corrected chi connectivity index (χ2v) is 4.41. The Bertz CT molecular complexity index is 192. The Kier molecular flexibility index (Phi) is 5.55. The van der Waals surface area contributed by atoms with Crippen LogP contribution >= 0.6 is 0 Å². The predicted molar refractivity (Wildman–Crippen MR) is 56.3 cm³/mol. The molecule has 1 fully saturated rings. The summed E-state index contributed by atoms with van der Waals surface area (Å²) in [4.78, 5) is 0. The minimum Gasteiger partial charge on any atom is -0.380 e. The number of rotatable bonds is 8. The van der Waals surface area contributed by atoms with Crippen molar-refractivity contribution in [2.24, 2.45) is 5.92 Å². The van der Waals surface area contributed by atoms with Crippen LogP contribution in [0.5, 0.6) is 0 Å². The van der Waals surface area contributed by atoms with E-state index in [1.165, 1.54) is 12.8 Å². The molecule has 0 spiro atoms. The average molecular weight is 239 g/mol. The van der Waals surface area contributed by atoms with Crippen molar-refractivity contribution >= 4 is 0 Å². The number of alkyl halides is 3. The Morgan fingerprint density at radius 1 is 1.31 bits per heavy atom. The molecule has 0 radical (unpaired) electrons. The highest BCUT2D eigenvalue weighted by atomic mass is 19.4. The molecule has 5 heteroatoms. The number of hydrogen-bond acceptors (Lipinski definition) is 2. The first-order valence-corrected chi connectivity index (χ1v) is 5.87. The van der Waals surface area contributed by atoms with Crippen LogP contribution in [0.2, 0.25) is 0 Å². The van der Waals surface area contributed by atoms with Crippen LogP contribution in [0.4, 0.5) is 13.2 Å². The third kappa shape index (κ3) is 7.06. The van der Waals surface area contributed by atoms with E-state index in [4.69, 9.17) is 4.74 Å². The monoisotopic (exact) mass is 239 g/mol. The minimum absolute atomic E-state index is 0.0572. The summed E-state index contributed by atoms with van der Waals surface area (Å²) in [5, 5.41) is 3.30. The summed E-state index contributed by atoms with van der Waals surface area (Å²) < 4.78 is 40.4. The first kappa shape index (κ1) is 13.8. The van der Waals surface area contributed by atoms with E-state index in [0.717, 1.165) is 12.5 Å². The quantitative estimate of drug-likeness (QED) is 0.658. The van der Waals surface area contributed by atoms with Gasteiger partial charge >= 0.3 is 6.18 Å². The Balaban J connectivity index is 1.81. The van der Waals surface area contributed by atoms with Crippen molar-refractivity contribution in [2.45, 2.75) is 44.8 Å². The van der Waals surface area contributed by atoms with Crippen LogP contribution in [-0.2, 0) is 4.74 Å². The second kappa shape index (κ2) is 6.45. The van der Waals surface area contributed by atoms with Crippen molar-refractivity contribution < 1.29 is 17.9 Å². The van der Waals surface area contributed by atoms with Crippen LogP contribution in [0.15, 0.2) is 0 Å². The van der Waals surface area contributed by atoms with Gasteiger partial charge in [0.2, 0.25) is 0 Å². The van der Waals surface area contributed by atoms with E-state index in [2.05, 4.69) is 12.2 Å². The Hall–Kier alpha value is -0.290. The van der Waals surface area contributed by atoms with Gasteiger partial charge in [0.05, 0.1) is 6.61 Å². The summed E-state index contributed by atoms with van der Waals surface area (Å²) >= 11 is 0. The topological polar surface area (TPSA) is 21.3 Å². The number of ether oxygens (including phenoxy) is 1. The zero-order valence-corrected chi connectivity index (χ0v) is 9.65. The molecular weight excluding hydrogens is 219 g/mol. The second-order valence-electron chi connectivity index (χ2n) is 4.41. The average Bonchev–Trinajstić information content (AvgIpc) is 2.97. The molecule has 0 aromatic carbocycles.